The lowest BCUT2D eigenvalue weighted by Crippen LogP contribution is -2.06. The first kappa shape index (κ1) is 56.3. The zero-order chi connectivity index (χ0) is 45.7. The molecule has 0 saturated carbocycles. The summed E-state index contributed by atoms with van der Waals surface area (Å²) in [7, 11) is 0. The fourth-order valence-electron chi connectivity index (χ4n) is 9.11. The highest BCUT2D eigenvalue weighted by Crippen LogP contribution is 2.52. The summed E-state index contributed by atoms with van der Waals surface area (Å²) in [5.74, 6) is 3.25. The van der Waals surface area contributed by atoms with Gasteiger partial charge in [-0.2, -0.15) is 0 Å². The lowest BCUT2D eigenvalue weighted by Gasteiger charge is -2.22. The number of halogens is 2. The van der Waals surface area contributed by atoms with E-state index in [1.165, 1.54) is 193 Å². The maximum Gasteiger partial charge on any atom is 0.139 e. The molecule has 0 amide bonds. The van der Waals surface area contributed by atoms with Gasteiger partial charge >= 0.3 is 0 Å². The van der Waals surface area contributed by atoms with Crippen molar-refractivity contribution in [2.75, 3.05) is 26.4 Å². The quantitative estimate of drug-likeness (QED) is 0.0418. The van der Waals surface area contributed by atoms with Gasteiger partial charge in [0.1, 0.15) is 23.0 Å². The highest BCUT2D eigenvalue weighted by atomic mass is 35.5. The van der Waals surface area contributed by atoms with Gasteiger partial charge in [-0.15, -0.1) is 0 Å². The van der Waals surface area contributed by atoms with Gasteiger partial charge in [-0.3, -0.25) is 0 Å². The van der Waals surface area contributed by atoms with Crippen LogP contribution < -0.4 is 18.9 Å². The summed E-state index contributed by atoms with van der Waals surface area (Å²) in [6.45, 7) is 11.7. The molecule has 0 saturated heterocycles. The van der Waals surface area contributed by atoms with Crippen LogP contribution in [-0.4, -0.2) is 26.4 Å². The molecule has 64 heavy (non-hydrogen) atoms. The molecule has 0 fully saturated rings. The van der Waals surface area contributed by atoms with Crippen molar-refractivity contribution in [2.45, 2.75) is 259 Å². The molecule has 4 nitrogen and oxygen atoms in total. The first-order valence-corrected chi connectivity index (χ1v) is 28.2. The van der Waals surface area contributed by atoms with E-state index >= 15 is 0 Å². The highest BCUT2D eigenvalue weighted by Gasteiger charge is 2.25. The fraction of sp³-hybridized carbons (Fsp3) is 0.759. The van der Waals surface area contributed by atoms with Crippen molar-refractivity contribution in [3.8, 4) is 23.0 Å². The number of fused-ring (bicyclic) bond motifs is 2. The SMILES string of the molecule is CCCCCCCCCCCOc1ccc(OCCCCCCCCCCC)c2c(OCCCCCCCCCCC)c3cc(Cl)c(Cl)cc3c(OCCCCCCCCCCC)c12. The first-order chi connectivity index (χ1) is 31.6. The average Bonchev–Trinajstić information content (AvgIpc) is 3.30. The Morgan fingerprint density at radius 1 is 0.297 bits per heavy atom. The van der Waals surface area contributed by atoms with E-state index in [2.05, 4.69) is 39.8 Å². The van der Waals surface area contributed by atoms with Crippen molar-refractivity contribution in [1.82, 2.24) is 0 Å². The Labute approximate surface area is 404 Å². The van der Waals surface area contributed by atoms with E-state index in [1.54, 1.807) is 0 Å². The van der Waals surface area contributed by atoms with Crippen molar-refractivity contribution in [1.29, 1.82) is 0 Å². The van der Waals surface area contributed by atoms with Crippen LogP contribution in [0.4, 0.5) is 0 Å². The lowest BCUT2D eigenvalue weighted by atomic mass is 9.98. The molecular weight excluding hydrogens is 832 g/mol. The standard InChI is InChI=1S/C58H96Cl2O4/c1-5-9-13-17-21-25-29-33-37-43-61-53-41-42-54(62-44-38-34-30-26-22-18-14-10-6-2)56-55(53)57(63-45-39-35-31-27-23-19-15-11-7-3)49-47-51(59)52(60)48-50(49)58(56)64-46-40-36-32-28-24-20-16-12-8-4/h41-42,47-48H,5-40,43-46H2,1-4H3. The lowest BCUT2D eigenvalue weighted by molar-refractivity contribution is 0.290. The normalized spacial score (nSPS) is 11.6. The first-order valence-electron chi connectivity index (χ1n) is 27.5. The Morgan fingerprint density at radius 3 is 0.766 bits per heavy atom. The van der Waals surface area contributed by atoms with Crippen molar-refractivity contribution in [3.63, 3.8) is 0 Å². The van der Waals surface area contributed by atoms with Crippen LogP contribution in [0, 0.1) is 0 Å². The number of hydrogen-bond donors (Lipinski definition) is 0. The third kappa shape index (κ3) is 23.1. The number of ether oxygens (including phenoxy) is 4. The third-order valence-electron chi connectivity index (χ3n) is 13.1. The van der Waals surface area contributed by atoms with Gasteiger partial charge in [0.2, 0.25) is 0 Å². The van der Waals surface area contributed by atoms with E-state index < -0.39 is 0 Å². The molecule has 3 rings (SSSR count). The third-order valence-corrected chi connectivity index (χ3v) is 13.9. The molecule has 0 bridgehead atoms. The summed E-state index contributed by atoms with van der Waals surface area (Å²) in [4.78, 5) is 0. The smallest absolute Gasteiger partial charge is 0.139 e. The Morgan fingerprint density at radius 2 is 0.516 bits per heavy atom. The Bertz CT molecular complexity index is 1470. The van der Waals surface area contributed by atoms with Crippen LogP contribution in [-0.2, 0) is 0 Å². The van der Waals surface area contributed by atoms with Gasteiger partial charge in [-0.25, -0.2) is 0 Å². The van der Waals surface area contributed by atoms with Crippen LogP contribution in [0.3, 0.4) is 0 Å². The molecule has 0 unspecified atom stereocenters. The van der Waals surface area contributed by atoms with Crippen molar-refractivity contribution < 1.29 is 18.9 Å². The van der Waals surface area contributed by atoms with E-state index in [0.29, 0.717) is 36.5 Å². The number of hydrogen-bond acceptors (Lipinski definition) is 4. The minimum atomic E-state index is 0.515. The molecule has 0 spiro atoms. The summed E-state index contributed by atoms with van der Waals surface area (Å²) in [6.07, 6.45) is 45.8. The largest absolute Gasteiger partial charge is 0.493 e. The second-order valence-electron chi connectivity index (χ2n) is 19.0. The van der Waals surface area contributed by atoms with Crippen LogP contribution in [0.1, 0.15) is 259 Å². The minimum absolute atomic E-state index is 0.515. The Kier molecular flexibility index (Phi) is 33.4. The topological polar surface area (TPSA) is 36.9 Å². The van der Waals surface area contributed by atoms with Crippen LogP contribution in [0.25, 0.3) is 21.5 Å². The van der Waals surface area contributed by atoms with E-state index in [-0.39, 0.29) is 0 Å². The van der Waals surface area contributed by atoms with Crippen LogP contribution >= 0.6 is 23.2 Å². The summed E-state index contributed by atoms with van der Waals surface area (Å²) in [6, 6.07) is 8.19. The monoisotopic (exact) mass is 927 g/mol. The van der Waals surface area contributed by atoms with Gasteiger partial charge in [-0.05, 0) is 49.9 Å². The molecule has 0 aliphatic heterocycles. The van der Waals surface area contributed by atoms with Gasteiger partial charge in [0.15, 0.2) is 0 Å². The van der Waals surface area contributed by atoms with E-state index in [4.69, 9.17) is 42.1 Å². The second kappa shape index (κ2) is 38.0. The maximum absolute atomic E-state index is 6.95. The highest BCUT2D eigenvalue weighted by molar-refractivity contribution is 6.43. The summed E-state index contributed by atoms with van der Waals surface area (Å²) in [5, 5.41) is 4.74. The predicted molar refractivity (Wildman–Crippen MR) is 282 cm³/mol. The second-order valence-corrected chi connectivity index (χ2v) is 19.8. The van der Waals surface area contributed by atoms with Crippen LogP contribution in [0.2, 0.25) is 10.0 Å². The van der Waals surface area contributed by atoms with E-state index in [1.807, 2.05) is 12.1 Å². The molecule has 0 radical (unpaired) electrons. The molecule has 0 N–H and O–H groups in total. The van der Waals surface area contributed by atoms with Gasteiger partial charge in [0.05, 0.1) is 47.2 Å². The molecule has 0 aromatic heterocycles. The van der Waals surface area contributed by atoms with Gasteiger partial charge < -0.3 is 18.9 Å². The van der Waals surface area contributed by atoms with Gasteiger partial charge in [0.25, 0.3) is 0 Å². The van der Waals surface area contributed by atoms with Crippen molar-refractivity contribution >= 4 is 44.7 Å². The Balaban J connectivity index is 1.91. The van der Waals surface area contributed by atoms with Gasteiger partial charge in [0, 0.05) is 10.8 Å². The maximum atomic E-state index is 6.95. The molecule has 3 aromatic carbocycles. The number of rotatable bonds is 44. The van der Waals surface area contributed by atoms with Crippen molar-refractivity contribution in [2.24, 2.45) is 0 Å². The summed E-state index contributed by atoms with van der Waals surface area (Å²) >= 11 is 13.7. The van der Waals surface area contributed by atoms with E-state index in [9.17, 15) is 0 Å². The molecule has 0 atom stereocenters. The minimum Gasteiger partial charge on any atom is -0.493 e. The zero-order valence-corrected chi connectivity index (χ0v) is 43.5. The number of unbranched alkanes of at least 4 members (excludes halogenated alkanes) is 32. The fourth-order valence-corrected chi connectivity index (χ4v) is 9.44. The molecule has 0 aliphatic carbocycles. The summed E-state index contributed by atoms with van der Waals surface area (Å²) in [5.41, 5.74) is 0. The van der Waals surface area contributed by atoms with Crippen molar-refractivity contribution in [3.05, 3.63) is 34.3 Å². The molecule has 0 aliphatic rings. The molecule has 0 heterocycles. The molecule has 3 aromatic rings. The molecule has 6 heteroatoms. The van der Waals surface area contributed by atoms with Gasteiger partial charge in [-0.1, -0.05) is 256 Å². The molecule has 366 valence electrons. The predicted octanol–water partition coefficient (Wildman–Crippen LogP) is 20.9. The Hall–Kier alpha value is -2.04. The molecular formula is C58H96Cl2O4. The van der Waals surface area contributed by atoms with Crippen LogP contribution in [0.5, 0.6) is 23.0 Å². The van der Waals surface area contributed by atoms with Crippen LogP contribution in [0.15, 0.2) is 24.3 Å². The summed E-state index contributed by atoms with van der Waals surface area (Å²) < 4.78 is 27.5. The zero-order valence-electron chi connectivity index (χ0n) is 42.0. The average molecular weight is 928 g/mol. The van der Waals surface area contributed by atoms with E-state index in [0.717, 1.165) is 83.1 Å². The number of benzene rings is 3.